The lowest BCUT2D eigenvalue weighted by Crippen LogP contribution is -2.06. The van der Waals surface area contributed by atoms with E-state index in [9.17, 15) is 13.6 Å². The predicted octanol–water partition coefficient (Wildman–Crippen LogP) is 2.58. The summed E-state index contributed by atoms with van der Waals surface area (Å²) in [5.41, 5.74) is -1.06. The molecule has 0 spiro atoms. The molecule has 0 saturated carbocycles. The highest BCUT2D eigenvalue weighted by Gasteiger charge is 2.22. The SMILES string of the molecule is Cc1cc(C#N)nc(C(=O)Cl)c1C(F)F. The maximum atomic E-state index is 12.6. The Balaban J connectivity index is 3.51. The number of halogens is 3. The fraction of sp³-hybridized carbons (Fsp3) is 0.222. The first-order valence-corrected chi connectivity index (χ1v) is 4.24. The molecule has 0 amide bonds. The van der Waals surface area contributed by atoms with Gasteiger partial charge in [-0.05, 0) is 30.2 Å². The zero-order valence-electron chi connectivity index (χ0n) is 7.59. The third-order valence-electron chi connectivity index (χ3n) is 1.78. The van der Waals surface area contributed by atoms with E-state index in [-0.39, 0.29) is 11.3 Å². The molecule has 3 nitrogen and oxygen atoms in total. The molecule has 0 unspecified atom stereocenters. The standard InChI is InChI=1S/C9H5ClF2N2O/c1-4-2-5(3-13)14-7(8(10)15)6(4)9(11)12/h2,9H,1H3. The average Bonchev–Trinajstić information content (AvgIpc) is 2.15. The Morgan fingerprint density at radius 1 is 1.67 bits per heavy atom. The van der Waals surface area contributed by atoms with Gasteiger partial charge in [-0.2, -0.15) is 5.26 Å². The topological polar surface area (TPSA) is 53.8 Å². The number of pyridine rings is 1. The van der Waals surface area contributed by atoms with Gasteiger partial charge in [0.25, 0.3) is 11.7 Å². The van der Waals surface area contributed by atoms with E-state index in [1.54, 1.807) is 6.07 Å². The summed E-state index contributed by atoms with van der Waals surface area (Å²) >= 11 is 5.11. The number of carbonyl (C=O) groups is 1. The Bertz CT molecular complexity index is 454. The summed E-state index contributed by atoms with van der Waals surface area (Å²) in [6.45, 7) is 1.37. The molecule has 1 aromatic heterocycles. The van der Waals surface area contributed by atoms with Crippen molar-refractivity contribution in [2.24, 2.45) is 0 Å². The molecule has 0 bridgehead atoms. The van der Waals surface area contributed by atoms with Crippen molar-refractivity contribution in [3.63, 3.8) is 0 Å². The first kappa shape index (κ1) is 11.5. The lowest BCUT2D eigenvalue weighted by atomic mass is 10.1. The van der Waals surface area contributed by atoms with Gasteiger partial charge in [-0.3, -0.25) is 4.79 Å². The van der Waals surface area contributed by atoms with Crippen LogP contribution in [0.4, 0.5) is 8.78 Å². The first-order chi connectivity index (χ1) is 6.97. The summed E-state index contributed by atoms with van der Waals surface area (Å²) in [7, 11) is 0. The van der Waals surface area contributed by atoms with Crippen molar-refractivity contribution in [1.82, 2.24) is 4.98 Å². The summed E-state index contributed by atoms with van der Waals surface area (Å²) in [5.74, 6) is 0. The normalized spacial score (nSPS) is 10.1. The number of rotatable bonds is 2. The van der Waals surface area contributed by atoms with Crippen molar-refractivity contribution >= 4 is 16.8 Å². The number of aromatic nitrogens is 1. The highest BCUT2D eigenvalue weighted by atomic mass is 35.5. The molecule has 0 atom stereocenters. The van der Waals surface area contributed by atoms with Crippen molar-refractivity contribution in [2.45, 2.75) is 13.3 Å². The molecule has 0 N–H and O–H groups in total. The van der Waals surface area contributed by atoms with E-state index in [4.69, 9.17) is 16.9 Å². The number of nitriles is 1. The zero-order chi connectivity index (χ0) is 11.6. The molecule has 78 valence electrons. The van der Waals surface area contributed by atoms with Gasteiger partial charge in [-0.15, -0.1) is 0 Å². The van der Waals surface area contributed by atoms with Gasteiger partial charge in [0.05, 0.1) is 5.56 Å². The molecule has 1 rings (SSSR count). The molecule has 6 heteroatoms. The van der Waals surface area contributed by atoms with Crippen molar-refractivity contribution in [3.8, 4) is 6.07 Å². The van der Waals surface area contributed by atoms with E-state index >= 15 is 0 Å². The Morgan fingerprint density at radius 3 is 2.67 bits per heavy atom. The molecular formula is C9H5ClF2N2O. The molecule has 0 aliphatic heterocycles. The van der Waals surface area contributed by atoms with Gasteiger partial charge in [0.2, 0.25) is 0 Å². The average molecular weight is 231 g/mol. The maximum absolute atomic E-state index is 12.6. The van der Waals surface area contributed by atoms with Gasteiger partial charge in [-0.1, -0.05) is 0 Å². The lowest BCUT2D eigenvalue weighted by molar-refractivity contribution is 0.106. The van der Waals surface area contributed by atoms with Crippen LogP contribution in [0, 0.1) is 18.3 Å². The molecular weight excluding hydrogens is 226 g/mol. The molecule has 1 aromatic rings. The summed E-state index contributed by atoms with van der Waals surface area (Å²) in [5, 5.41) is 7.45. The molecule has 0 aliphatic carbocycles. The van der Waals surface area contributed by atoms with Gasteiger partial charge in [0, 0.05) is 0 Å². The van der Waals surface area contributed by atoms with E-state index < -0.39 is 22.9 Å². The number of alkyl halides is 2. The largest absolute Gasteiger partial charge is 0.274 e. The summed E-state index contributed by atoms with van der Waals surface area (Å²) in [6.07, 6.45) is -2.84. The Hall–Kier alpha value is -1.54. The van der Waals surface area contributed by atoms with Crippen molar-refractivity contribution in [3.05, 3.63) is 28.6 Å². The van der Waals surface area contributed by atoms with Crippen LogP contribution in [0.25, 0.3) is 0 Å². The van der Waals surface area contributed by atoms with E-state index in [1.807, 2.05) is 0 Å². The highest BCUT2D eigenvalue weighted by molar-refractivity contribution is 6.67. The van der Waals surface area contributed by atoms with Crippen molar-refractivity contribution < 1.29 is 13.6 Å². The highest BCUT2D eigenvalue weighted by Crippen LogP contribution is 2.26. The molecule has 15 heavy (non-hydrogen) atoms. The minimum Gasteiger partial charge on any atom is -0.274 e. The Labute approximate surface area is 89.3 Å². The van der Waals surface area contributed by atoms with Crippen LogP contribution in [0.5, 0.6) is 0 Å². The van der Waals surface area contributed by atoms with Crippen molar-refractivity contribution in [2.75, 3.05) is 0 Å². The zero-order valence-corrected chi connectivity index (χ0v) is 8.35. The number of nitrogens with zero attached hydrogens (tertiary/aromatic N) is 2. The number of carbonyl (C=O) groups excluding carboxylic acids is 1. The second-order valence-electron chi connectivity index (χ2n) is 2.77. The third-order valence-corrected chi connectivity index (χ3v) is 1.96. The molecule has 0 aromatic carbocycles. The molecule has 0 saturated heterocycles. The van der Waals surface area contributed by atoms with Crippen LogP contribution in [-0.4, -0.2) is 10.2 Å². The van der Waals surface area contributed by atoms with Crippen LogP contribution in [-0.2, 0) is 0 Å². The van der Waals surface area contributed by atoms with Gasteiger partial charge in [0.1, 0.15) is 17.5 Å². The van der Waals surface area contributed by atoms with E-state index in [0.29, 0.717) is 0 Å². The fourth-order valence-electron chi connectivity index (χ4n) is 1.17. The smallest absolute Gasteiger partial charge is 0.271 e. The fourth-order valence-corrected chi connectivity index (χ4v) is 1.31. The summed E-state index contributed by atoms with van der Waals surface area (Å²) < 4.78 is 25.1. The minimum atomic E-state index is -2.84. The van der Waals surface area contributed by atoms with Crippen LogP contribution in [0.2, 0.25) is 0 Å². The van der Waals surface area contributed by atoms with E-state index in [1.165, 1.54) is 13.0 Å². The Morgan fingerprint density at radius 2 is 2.27 bits per heavy atom. The predicted molar refractivity (Wildman–Crippen MR) is 48.8 cm³/mol. The van der Waals surface area contributed by atoms with Gasteiger partial charge in [-0.25, -0.2) is 13.8 Å². The molecule has 0 fully saturated rings. The van der Waals surface area contributed by atoms with Gasteiger partial charge >= 0.3 is 0 Å². The number of hydrogen-bond acceptors (Lipinski definition) is 3. The van der Waals surface area contributed by atoms with Gasteiger partial charge < -0.3 is 0 Å². The van der Waals surface area contributed by atoms with Crippen LogP contribution < -0.4 is 0 Å². The van der Waals surface area contributed by atoms with Crippen molar-refractivity contribution in [1.29, 1.82) is 5.26 Å². The lowest BCUT2D eigenvalue weighted by Gasteiger charge is -2.08. The maximum Gasteiger partial charge on any atom is 0.271 e. The monoisotopic (exact) mass is 230 g/mol. The van der Waals surface area contributed by atoms with Crippen LogP contribution >= 0.6 is 11.6 Å². The van der Waals surface area contributed by atoms with Crippen LogP contribution in [0.1, 0.15) is 33.7 Å². The van der Waals surface area contributed by atoms with Crippen LogP contribution in [0.15, 0.2) is 6.07 Å². The number of aryl methyl sites for hydroxylation is 1. The second-order valence-corrected chi connectivity index (χ2v) is 3.12. The third kappa shape index (κ3) is 2.28. The van der Waals surface area contributed by atoms with Gasteiger partial charge in [0.15, 0.2) is 0 Å². The minimum absolute atomic E-state index is 0.110. The molecule has 0 radical (unpaired) electrons. The Kier molecular flexibility index (Phi) is 3.32. The summed E-state index contributed by atoms with van der Waals surface area (Å²) in [6, 6.07) is 2.85. The molecule has 0 aliphatic rings. The summed E-state index contributed by atoms with van der Waals surface area (Å²) in [4.78, 5) is 14.3. The van der Waals surface area contributed by atoms with Crippen LogP contribution in [0.3, 0.4) is 0 Å². The number of hydrogen-bond donors (Lipinski definition) is 0. The first-order valence-electron chi connectivity index (χ1n) is 3.87. The second kappa shape index (κ2) is 4.32. The molecule has 1 heterocycles. The quantitative estimate of drug-likeness (QED) is 0.734. The van der Waals surface area contributed by atoms with E-state index in [2.05, 4.69) is 4.98 Å². The van der Waals surface area contributed by atoms with E-state index in [0.717, 1.165) is 0 Å².